The molecule has 0 aromatic carbocycles. The highest BCUT2D eigenvalue weighted by molar-refractivity contribution is 5.76. The average molecular weight is 1210 g/mol. The van der Waals surface area contributed by atoms with E-state index in [1.165, 1.54) is 135 Å². The van der Waals surface area contributed by atoms with Crippen molar-refractivity contribution in [1.82, 2.24) is 5.32 Å². The number of aliphatic hydroxyl groups is 11. The van der Waals surface area contributed by atoms with E-state index in [2.05, 4.69) is 55.6 Å². The topological polar surface area (TPSA) is 307 Å². The van der Waals surface area contributed by atoms with Crippen molar-refractivity contribution >= 4 is 5.91 Å². The lowest BCUT2D eigenvalue weighted by Gasteiger charge is -2.48. The molecule has 0 aromatic rings. The number of unbranched alkanes of at least 4 members (excludes halogenated alkanes) is 28. The average Bonchev–Trinajstić information content (AvgIpc) is 3.18. The molecule has 0 spiro atoms. The van der Waals surface area contributed by atoms with Crippen molar-refractivity contribution in [1.29, 1.82) is 0 Å². The van der Waals surface area contributed by atoms with Crippen molar-refractivity contribution in [3.8, 4) is 0 Å². The molecule has 3 heterocycles. The minimum absolute atomic E-state index is 0.220. The molecule has 3 aliphatic heterocycles. The standard InChI is InChI=1S/C66H119NO18/c1-3-5-7-9-11-13-15-17-18-19-20-21-22-23-24-25-26-27-28-29-30-31-32-33-35-37-39-41-43-50(71)49(67-54(72)44-42-40-38-36-34-16-14-12-10-8-6-4-2)48-80-64-60(78)57(75)62(52(46-69)82-64)85-66-61(79)58(76)63(53(47-70)83-66)84-65-59(77)56(74)55(73)51(45-68)81-65/h12,14,29-30,33,35,41,43,49-53,55-66,68-71,73-79H,3-11,13,15-28,31-32,34,36-40,42,44-48H2,1-2H3,(H,67,72)/b14-12-,30-29+,35-33+,43-41+. The summed E-state index contributed by atoms with van der Waals surface area (Å²) in [5.41, 5.74) is 0. The quantitative estimate of drug-likeness (QED) is 0.0204. The van der Waals surface area contributed by atoms with Crippen LogP contribution in [-0.2, 0) is 33.2 Å². The first-order valence-corrected chi connectivity index (χ1v) is 33.4. The van der Waals surface area contributed by atoms with Crippen molar-refractivity contribution in [2.24, 2.45) is 0 Å². The first-order chi connectivity index (χ1) is 41.3. The van der Waals surface area contributed by atoms with Crippen LogP contribution in [0.3, 0.4) is 0 Å². The zero-order valence-electron chi connectivity index (χ0n) is 52.1. The van der Waals surface area contributed by atoms with E-state index in [0.717, 1.165) is 64.2 Å². The van der Waals surface area contributed by atoms with Crippen molar-refractivity contribution < 1.29 is 89.4 Å². The second-order valence-corrected chi connectivity index (χ2v) is 23.9. The van der Waals surface area contributed by atoms with Crippen LogP contribution in [0.1, 0.15) is 232 Å². The van der Waals surface area contributed by atoms with Gasteiger partial charge in [0.2, 0.25) is 5.91 Å². The third-order valence-corrected chi connectivity index (χ3v) is 16.6. The van der Waals surface area contributed by atoms with E-state index in [4.69, 9.17) is 28.4 Å². The third-order valence-electron chi connectivity index (χ3n) is 16.6. The van der Waals surface area contributed by atoms with Gasteiger partial charge >= 0.3 is 0 Å². The zero-order chi connectivity index (χ0) is 61.9. The predicted octanol–water partition coefficient (Wildman–Crippen LogP) is 7.83. The van der Waals surface area contributed by atoms with Crippen LogP contribution in [0.15, 0.2) is 48.6 Å². The van der Waals surface area contributed by atoms with Gasteiger partial charge in [0.15, 0.2) is 18.9 Å². The van der Waals surface area contributed by atoms with E-state index in [1.807, 2.05) is 6.08 Å². The van der Waals surface area contributed by atoms with Gasteiger partial charge in [-0.05, 0) is 70.6 Å². The molecular weight excluding hydrogens is 1090 g/mol. The zero-order valence-corrected chi connectivity index (χ0v) is 52.1. The normalized spacial score (nSPS) is 29.3. The molecule has 0 aliphatic carbocycles. The predicted molar refractivity (Wildman–Crippen MR) is 328 cm³/mol. The number of rotatable bonds is 50. The number of amides is 1. The maximum Gasteiger partial charge on any atom is 0.220 e. The van der Waals surface area contributed by atoms with Crippen LogP contribution in [0.5, 0.6) is 0 Å². The molecule has 0 radical (unpaired) electrons. The monoisotopic (exact) mass is 1210 g/mol. The minimum Gasteiger partial charge on any atom is -0.394 e. The fourth-order valence-corrected chi connectivity index (χ4v) is 11.1. The maximum absolute atomic E-state index is 13.3. The Labute approximate surface area is 510 Å². The Morgan fingerprint density at radius 3 is 1.20 bits per heavy atom. The molecule has 17 unspecified atom stereocenters. The van der Waals surface area contributed by atoms with E-state index in [9.17, 15) is 61.0 Å². The number of hydrogen-bond acceptors (Lipinski definition) is 18. The van der Waals surface area contributed by atoms with E-state index >= 15 is 0 Å². The van der Waals surface area contributed by atoms with Crippen molar-refractivity contribution in [2.75, 3.05) is 26.4 Å². The lowest BCUT2D eigenvalue weighted by Crippen LogP contribution is -2.66. The molecule has 12 N–H and O–H groups in total. The lowest BCUT2D eigenvalue weighted by atomic mass is 9.96. The van der Waals surface area contributed by atoms with Gasteiger partial charge in [0.1, 0.15) is 73.2 Å². The van der Waals surface area contributed by atoms with Crippen LogP contribution in [0.2, 0.25) is 0 Å². The number of ether oxygens (including phenoxy) is 6. The molecule has 3 fully saturated rings. The summed E-state index contributed by atoms with van der Waals surface area (Å²) in [7, 11) is 0. The molecular formula is C66H119NO18. The fourth-order valence-electron chi connectivity index (χ4n) is 11.1. The number of aliphatic hydroxyl groups excluding tert-OH is 11. The van der Waals surface area contributed by atoms with Gasteiger partial charge in [-0.25, -0.2) is 0 Å². The van der Waals surface area contributed by atoms with Crippen LogP contribution >= 0.6 is 0 Å². The third kappa shape index (κ3) is 31.4. The largest absolute Gasteiger partial charge is 0.394 e. The Hall–Kier alpha value is -2.25. The molecule has 0 aromatic heterocycles. The SMILES string of the molecule is CCCCC/C=C\CCCCCCCC(=O)NC(COC1OC(CO)C(OC2OC(CO)C(OC3OC(CO)C(O)C(O)C3O)C(O)C2O)C(O)C1O)C(O)/C=C/CC/C=C/CC/C=C/CCCCCCCCCCCCCCCCCCCC. The van der Waals surface area contributed by atoms with E-state index < -0.39 is 124 Å². The Morgan fingerprint density at radius 1 is 0.412 bits per heavy atom. The van der Waals surface area contributed by atoms with E-state index in [-0.39, 0.29) is 18.9 Å². The Kier molecular flexibility index (Phi) is 44.0. The molecule has 17 atom stereocenters. The number of carbonyl (C=O) groups is 1. The van der Waals surface area contributed by atoms with Gasteiger partial charge in [0, 0.05) is 6.42 Å². The summed E-state index contributed by atoms with van der Waals surface area (Å²) in [4.78, 5) is 13.3. The van der Waals surface area contributed by atoms with Gasteiger partial charge in [0.25, 0.3) is 0 Å². The highest BCUT2D eigenvalue weighted by Crippen LogP contribution is 2.33. The maximum atomic E-state index is 13.3. The Bertz CT molecular complexity index is 1740. The van der Waals surface area contributed by atoms with Crippen LogP contribution in [-0.4, -0.2) is 193 Å². The molecule has 0 bridgehead atoms. The highest BCUT2D eigenvalue weighted by Gasteiger charge is 2.53. The summed E-state index contributed by atoms with van der Waals surface area (Å²) in [6.07, 6.45) is 29.7. The first kappa shape index (κ1) is 77.0. The van der Waals surface area contributed by atoms with Crippen molar-refractivity contribution in [3.05, 3.63) is 48.6 Å². The van der Waals surface area contributed by atoms with E-state index in [1.54, 1.807) is 6.08 Å². The first-order valence-electron chi connectivity index (χ1n) is 33.4. The van der Waals surface area contributed by atoms with Crippen LogP contribution in [0, 0.1) is 0 Å². The highest BCUT2D eigenvalue weighted by atomic mass is 16.8. The molecule has 19 heteroatoms. The van der Waals surface area contributed by atoms with Gasteiger partial charge in [-0.15, -0.1) is 0 Å². The number of nitrogens with one attached hydrogen (secondary N) is 1. The smallest absolute Gasteiger partial charge is 0.220 e. The van der Waals surface area contributed by atoms with Gasteiger partial charge in [0.05, 0.1) is 38.6 Å². The molecule has 0 saturated carbocycles. The summed E-state index contributed by atoms with van der Waals surface area (Å²) >= 11 is 0. The molecule has 19 nitrogen and oxygen atoms in total. The van der Waals surface area contributed by atoms with E-state index in [0.29, 0.717) is 12.8 Å². The number of carbonyl (C=O) groups excluding carboxylic acids is 1. The summed E-state index contributed by atoms with van der Waals surface area (Å²) < 4.78 is 34.2. The number of allylic oxidation sites excluding steroid dienone is 7. The molecule has 496 valence electrons. The summed E-state index contributed by atoms with van der Waals surface area (Å²) in [5, 5.41) is 120. The van der Waals surface area contributed by atoms with Gasteiger partial charge in [-0.2, -0.15) is 0 Å². The van der Waals surface area contributed by atoms with Gasteiger partial charge < -0.3 is 89.9 Å². The molecule has 3 saturated heterocycles. The Morgan fingerprint density at radius 2 is 0.753 bits per heavy atom. The molecule has 1 amide bonds. The van der Waals surface area contributed by atoms with Crippen molar-refractivity contribution in [2.45, 2.75) is 336 Å². The van der Waals surface area contributed by atoms with Gasteiger partial charge in [-0.1, -0.05) is 204 Å². The van der Waals surface area contributed by atoms with Crippen molar-refractivity contribution in [3.63, 3.8) is 0 Å². The van der Waals surface area contributed by atoms with Crippen LogP contribution in [0.4, 0.5) is 0 Å². The second-order valence-electron chi connectivity index (χ2n) is 23.9. The molecule has 85 heavy (non-hydrogen) atoms. The Balaban J connectivity index is 1.44. The van der Waals surface area contributed by atoms with Crippen LogP contribution < -0.4 is 5.32 Å². The minimum atomic E-state index is -1.98. The summed E-state index contributed by atoms with van der Waals surface area (Å²) in [6, 6.07) is -1.00. The fraction of sp³-hybridized carbons (Fsp3) is 0.864. The van der Waals surface area contributed by atoms with Gasteiger partial charge in [-0.3, -0.25) is 4.79 Å². The summed E-state index contributed by atoms with van der Waals surface area (Å²) in [5.74, 6) is -0.300. The second kappa shape index (κ2) is 48.6. The lowest BCUT2D eigenvalue weighted by molar-refractivity contribution is -0.379. The van der Waals surface area contributed by atoms with Crippen LogP contribution in [0.25, 0.3) is 0 Å². The molecule has 3 aliphatic rings. The summed E-state index contributed by atoms with van der Waals surface area (Å²) in [6.45, 7) is 1.67. The molecule has 3 rings (SSSR count). The number of hydrogen-bond donors (Lipinski definition) is 12.